The number of hydrogen-bond acceptors (Lipinski definition) is 5. The van der Waals surface area contributed by atoms with E-state index in [9.17, 15) is 8.42 Å². The van der Waals surface area contributed by atoms with Gasteiger partial charge >= 0.3 is 0 Å². The van der Waals surface area contributed by atoms with Gasteiger partial charge in [-0.2, -0.15) is 0 Å². The lowest BCUT2D eigenvalue weighted by Gasteiger charge is -2.13. The first-order chi connectivity index (χ1) is 9.85. The number of nitrogens with one attached hydrogen (secondary N) is 2. The molecular weight excluding hydrogens is 380 g/mol. The number of sulfonamides is 1. The fourth-order valence-electron chi connectivity index (χ4n) is 1.64. The van der Waals surface area contributed by atoms with Crippen LogP contribution in [0.3, 0.4) is 0 Å². The fraction of sp³-hybridized carbons (Fsp3) is 0.0833. The topological polar surface area (TPSA) is 97.1 Å². The van der Waals surface area contributed by atoms with Crippen LogP contribution in [0.1, 0.15) is 5.56 Å². The summed E-state index contributed by atoms with van der Waals surface area (Å²) in [7, 11) is -3.85. The van der Waals surface area contributed by atoms with Gasteiger partial charge in [-0.05, 0) is 46.6 Å². The van der Waals surface area contributed by atoms with E-state index in [2.05, 4.69) is 31.1 Å². The Bertz CT molecular complexity index is 783. The monoisotopic (exact) mass is 390 g/mol. The van der Waals surface area contributed by atoms with Crippen LogP contribution in [0.15, 0.2) is 40.0 Å². The maximum absolute atomic E-state index is 12.4. The Hall–Kier alpha value is -1.35. The molecule has 0 aliphatic carbocycles. The number of hydrazine groups is 1. The van der Waals surface area contributed by atoms with E-state index in [4.69, 9.17) is 17.4 Å². The second-order valence-corrected chi connectivity index (χ2v) is 7.12. The van der Waals surface area contributed by atoms with Crippen molar-refractivity contribution in [3.05, 3.63) is 45.7 Å². The molecule has 0 unspecified atom stereocenters. The van der Waals surface area contributed by atoms with Gasteiger partial charge in [0.1, 0.15) is 4.90 Å². The quantitative estimate of drug-likeness (QED) is 0.550. The van der Waals surface area contributed by atoms with E-state index in [1.165, 1.54) is 24.5 Å². The van der Waals surface area contributed by atoms with Crippen LogP contribution in [-0.2, 0) is 10.0 Å². The number of aryl methyl sites for hydroxylation is 1. The highest BCUT2D eigenvalue weighted by Crippen LogP contribution is 2.31. The van der Waals surface area contributed by atoms with Crippen LogP contribution in [-0.4, -0.2) is 13.4 Å². The van der Waals surface area contributed by atoms with E-state index in [0.29, 0.717) is 15.2 Å². The highest BCUT2D eigenvalue weighted by Gasteiger charge is 2.20. The summed E-state index contributed by atoms with van der Waals surface area (Å²) < 4.78 is 27.9. The van der Waals surface area contributed by atoms with Gasteiger partial charge in [-0.15, -0.1) is 0 Å². The molecule has 6 nitrogen and oxygen atoms in total. The van der Waals surface area contributed by atoms with Crippen molar-refractivity contribution in [1.82, 2.24) is 4.98 Å². The average Bonchev–Trinajstić information content (AvgIpc) is 2.44. The Morgan fingerprint density at radius 2 is 2.05 bits per heavy atom. The predicted molar refractivity (Wildman–Crippen MR) is 86.7 cm³/mol. The number of nitrogens with zero attached hydrogens (tertiary/aromatic N) is 1. The molecule has 0 bridgehead atoms. The van der Waals surface area contributed by atoms with Crippen LogP contribution in [0.5, 0.6) is 0 Å². The zero-order chi connectivity index (χ0) is 15.6. The molecular formula is C12H12BrClN4O2S. The fourth-order valence-corrected chi connectivity index (χ4v) is 3.67. The smallest absolute Gasteiger partial charge is 0.265 e. The highest BCUT2D eigenvalue weighted by atomic mass is 79.9. The van der Waals surface area contributed by atoms with Gasteiger partial charge in [-0.1, -0.05) is 11.6 Å². The largest absolute Gasteiger partial charge is 0.323 e. The molecule has 2 aromatic rings. The van der Waals surface area contributed by atoms with E-state index in [-0.39, 0.29) is 10.6 Å². The van der Waals surface area contributed by atoms with Crippen molar-refractivity contribution in [2.75, 3.05) is 10.1 Å². The average molecular weight is 392 g/mol. The zero-order valence-corrected chi connectivity index (χ0v) is 14.1. The summed E-state index contributed by atoms with van der Waals surface area (Å²) in [5.41, 5.74) is 3.73. The Kier molecular flexibility index (Phi) is 4.72. The summed E-state index contributed by atoms with van der Waals surface area (Å²) in [5, 5.41) is 0.458. The normalized spacial score (nSPS) is 11.2. The molecule has 0 spiro atoms. The van der Waals surface area contributed by atoms with Crippen LogP contribution >= 0.6 is 27.5 Å². The molecule has 0 amide bonds. The maximum Gasteiger partial charge on any atom is 0.265 e. The molecule has 9 heteroatoms. The van der Waals surface area contributed by atoms with Crippen molar-refractivity contribution in [2.45, 2.75) is 11.8 Å². The van der Waals surface area contributed by atoms with Crippen LogP contribution in [0.4, 0.5) is 11.4 Å². The third-order valence-electron chi connectivity index (χ3n) is 2.72. The van der Waals surface area contributed by atoms with Crippen molar-refractivity contribution in [2.24, 2.45) is 5.84 Å². The van der Waals surface area contributed by atoms with Gasteiger partial charge in [0.25, 0.3) is 10.0 Å². The van der Waals surface area contributed by atoms with Crippen LogP contribution in [0.2, 0.25) is 5.02 Å². The lowest BCUT2D eigenvalue weighted by Crippen LogP contribution is -2.18. The number of pyridine rings is 1. The molecule has 0 saturated heterocycles. The first kappa shape index (κ1) is 16.0. The second-order valence-electron chi connectivity index (χ2n) is 4.20. The van der Waals surface area contributed by atoms with Crippen LogP contribution in [0.25, 0.3) is 0 Å². The first-order valence-electron chi connectivity index (χ1n) is 5.74. The van der Waals surface area contributed by atoms with Gasteiger partial charge < -0.3 is 5.43 Å². The minimum absolute atomic E-state index is 0.0592. The van der Waals surface area contributed by atoms with E-state index >= 15 is 0 Å². The second kappa shape index (κ2) is 6.18. The first-order valence-corrected chi connectivity index (χ1v) is 8.39. The van der Waals surface area contributed by atoms with Crippen molar-refractivity contribution < 1.29 is 8.42 Å². The van der Waals surface area contributed by atoms with Gasteiger partial charge in [-0.25, -0.2) is 8.42 Å². The Balaban J connectivity index is 2.45. The molecule has 2 rings (SSSR count). The minimum atomic E-state index is -3.85. The number of benzene rings is 1. The minimum Gasteiger partial charge on any atom is -0.323 e. The molecule has 0 aliphatic rings. The number of nitrogen functional groups attached to an aromatic ring is 1. The molecule has 112 valence electrons. The van der Waals surface area contributed by atoms with Crippen molar-refractivity contribution >= 4 is 48.9 Å². The SMILES string of the molecule is Cc1cc(Br)c(NS(=O)(=O)c2cnccc2NN)cc1Cl. The highest BCUT2D eigenvalue weighted by molar-refractivity contribution is 9.10. The van der Waals surface area contributed by atoms with E-state index in [0.717, 1.165) is 5.56 Å². The summed E-state index contributed by atoms with van der Waals surface area (Å²) >= 11 is 9.32. The molecule has 0 aliphatic heterocycles. The van der Waals surface area contributed by atoms with Crippen LogP contribution in [0, 0.1) is 6.92 Å². The summed E-state index contributed by atoms with van der Waals surface area (Å²) in [6.45, 7) is 1.82. The standard InChI is InChI=1S/C12H12BrClN4O2S/c1-7-4-8(13)11(5-9(7)14)18-21(19,20)12-6-16-3-2-10(12)17-15/h2-6,18H,15H2,1H3,(H,16,17). The van der Waals surface area contributed by atoms with Crippen molar-refractivity contribution in [1.29, 1.82) is 0 Å². The summed E-state index contributed by atoms with van der Waals surface area (Å²) in [6, 6.07) is 4.72. The molecule has 0 atom stereocenters. The zero-order valence-electron chi connectivity index (χ0n) is 10.9. The number of hydrogen-bond donors (Lipinski definition) is 3. The van der Waals surface area contributed by atoms with Gasteiger partial charge in [0, 0.05) is 21.9 Å². The lowest BCUT2D eigenvalue weighted by atomic mass is 10.2. The van der Waals surface area contributed by atoms with Crippen molar-refractivity contribution in [3.63, 3.8) is 0 Å². The number of halogens is 2. The number of rotatable bonds is 4. The molecule has 1 heterocycles. The third kappa shape index (κ3) is 3.46. The third-order valence-corrected chi connectivity index (χ3v) is 5.18. The van der Waals surface area contributed by atoms with Crippen LogP contribution < -0.4 is 16.0 Å². The molecule has 0 saturated carbocycles. The van der Waals surface area contributed by atoms with Gasteiger partial charge in [-0.3, -0.25) is 15.5 Å². The Morgan fingerprint density at radius 1 is 1.33 bits per heavy atom. The summed E-state index contributed by atoms with van der Waals surface area (Å²) in [4.78, 5) is 3.74. The summed E-state index contributed by atoms with van der Waals surface area (Å²) in [5.74, 6) is 5.31. The molecule has 1 aromatic heterocycles. The molecule has 21 heavy (non-hydrogen) atoms. The molecule has 0 fully saturated rings. The molecule has 0 radical (unpaired) electrons. The van der Waals surface area contributed by atoms with Gasteiger partial charge in [0.15, 0.2) is 0 Å². The number of anilines is 2. The van der Waals surface area contributed by atoms with Crippen molar-refractivity contribution in [3.8, 4) is 0 Å². The van der Waals surface area contributed by atoms with E-state index in [1.54, 1.807) is 6.07 Å². The Morgan fingerprint density at radius 3 is 2.71 bits per heavy atom. The number of aromatic nitrogens is 1. The molecule has 1 aromatic carbocycles. The lowest BCUT2D eigenvalue weighted by molar-refractivity contribution is 0.601. The molecule has 4 N–H and O–H groups in total. The van der Waals surface area contributed by atoms with Gasteiger partial charge in [0.2, 0.25) is 0 Å². The Labute approximate surface area is 135 Å². The van der Waals surface area contributed by atoms with E-state index in [1.807, 2.05) is 6.92 Å². The summed E-state index contributed by atoms with van der Waals surface area (Å²) in [6.07, 6.45) is 2.65. The number of nitrogens with two attached hydrogens (primary N) is 1. The predicted octanol–water partition coefficient (Wildman–Crippen LogP) is 2.89. The van der Waals surface area contributed by atoms with Gasteiger partial charge in [0.05, 0.1) is 11.4 Å². The maximum atomic E-state index is 12.4. The van der Waals surface area contributed by atoms with E-state index < -0.39 is 10.0 Å².